The number of methoxy groups -OCH3 is 2. The molecule has 6 nitrogen and oxygen atoms in total. The van der Waals surface area contributed by atoms with Crippen molar-refractivity contribution in [1.29, 1.82) is 0 Å². The van der Waals surface area contributed by atoms with Gasteiger partial charge in [0.05, 0.1) is 14.2 Å². The molecule has 0 saturated carbocycles. The number of nitrogens with one attached hydrogen (secondary N) is 1. The molecular weight excluding hydrogens is 306 g/mol. The second-order valence-corrected chi connectivity index (χ2v) is 6.84. The summed E-state index contributed by atoms with van der Waals surface area (Å²) in [5.74, 6) is -0.576. The molecule has 1 rings (SSSR count). The van der Waals surface area contributed by atoms with Gasteiger partial charge in [0.1, 0.15) is 16.7 Å². The van der Waals surface area contributed by atoms with E-state index in [1.807, 2.05) is 6.92 Å². The van der Waals surface area contributed by atoms with Gasteiger partial charge in [0.15, 0.2) is 0 Å². The largest absolute Gasteiger partial charge is 0.495 e. The van der Waals surface area contributed by atoms with E-state index < -0.39 is 22.0 Å². The predicted molar refractivity (Wildman–Crippen MR) is 83.3 cm³/mol. The average molecular weight is 329 g/mol. The zero-order chi connectivity index (χ0) is 16.9. The standard InChI is InChI=1S/C15H23NO5S/c1-6-11(3)14(15(17)21-5)16-22(18,19)13-9-10(2)7-8-12(13)20-4/h7-9,11,14,16H,6H2,1-5H3/t11-,14+/m1/s1. The number of carbonyl (C=O) groups excluding carboxylic acids is 1. The highest BCUT2D eigenvalue weighted by molar-refractivity contribution is 7.89. The van der Waals surface area contributed by atoms with E-state index in [0.717, 1.165) is 5.56 Å². The first kappa shape index (κ1) is 18.4. The number of sulfonamides is 1. The predicted octanol–water partition coefficient (Wildman–Crippen LogP) is 1.87. The molecule has 0 unspecified atom stereocenters. The average Bonchev–Trinajstić information content (AvgIpc) is 2.51. The Labute approximate surface area is 131 Å². The first-order chi connectivity index (χ1) is 10.3. The van der Waals surface area contributed by atoms with Gasteiger partial charge < -0.3 is 9.47 Å². The Morgan fingerprint density at radius 2 is 1.95 bits per heavy atom. The number of ether oxygens (including phenoxy) is 2. The van der Waals surface area contributed by atoms with E-state index in [2.05, 4.69) is 4.72 Å². The van der Waals surface area contributed by atoms with Crippen molar-refractivity contribution in [2.24, 2.45) is 5.92 Å². The molecule has 0 aliphatic carbocycles. The summed E-state index contributed by atoms with van der Waals surface area (Å²) in [4.78, 5) is 11.9. The van der Waals surface area contributed by atoms with Gasteiger partial charge >= 0.3 is 5.97 Å². The van der Waals surface area contributed by atoms with Crippen molar-refractivity contribution < 1.29 is 22.7 Å². The van der Waals surface area contributed by atoms with Crippen LogP contribution in [0.15, 0.2) is 23.1 Å². The van der Waals surface area contributed by atoms with Gasteiger partial charge in [-0.3, -0.25) is 4.79 Å². The molecule has 0 bridgehead atoms. The van der Waals surface area contributed by atoms with Crippen LogP contribution >= 0.6 is 0 Å². The fraction of sp³-hybridized carbons (Fsp3) is 0.533. The van der Waals surface area contributed by atoms with Crippen molar-refractivity contribution in [1.82, 2.24) is 4.72 Å². The Bertz CT molecular complexity index is 627. The van der Waals surface area contributed by atoms with Gasteiger partial charge in [-0.1, -0.05) is 26.3 Å². The van der Waals surface area contributed by atoms with E-state index in [1.54, 1.807) is 26.0 Å². The second kappa shape index (κ2) is 7.60. The van der Waals surface area contributed by atoms with E-state index in [9.17, 15) is 13.2 Å². The molecule has 0 aliphatic heterocycles. The molecule has 2 atom stereocenters. The van der Waals surface area contributed by atoms with Gasteiger partial charge in [-0.2, -0.15) is 4.72 Å². The number of esters is 1. The summed E-state index contributed by atoms with van der Waals surface area (Å²) in [6.07, 6.45) is 0.632. The van der Waals surface area contributed by atoms with E-state index >= 15 is 0 Å². The lowest BCUT2D eigenvalue weighted by Crippen LogP contribution is -2.45. The summed E-state index contributed by atoms with van der Waals surface area (Å²) in [6, 6.07) is 3.90. The molecule has 1 N–H and O–H groups in total. The fourth-order valence-corrected chi connectivity index (χ4v) is 3.53. The molecule has 0 radical (unpaired) electrons. The molecule has 0 amide bonds. The van der Waals surface area contributed by atoms with Crippen molar-refractivity contribution in [3.05, 3.63) is 23.8 Å². The van der Waals surface area contributed by atoms with Crippen molar-refractivity contribution >= 4 is 16.0 Å². The van der Waals surface area contributed by atoms with Gasteiger partial charge in [-0.05, 0) is 30.5 Å². The van der Waals surface area contributed by atoms with Crippen LogP contribution in [0.1, 0.15) is 25.8 Å². The summed E-state index contributed by atoms with van der Waals surface area (Å²) in [5, 5.41) is 0. The van der Waals surface area contributed by atoms with Crippen LogP contribution in [0.5, 0.6) is 5.75 Å². The highest BCUT2D eigenvalue weighted by Crippen LogP contribution is 2.25. The van der Waals surface area contributed by atoms with Gasteiger partial charge in [0, 0.05) is 0 Å². The minimum absolute atomic E-state index is 0.00667. The highest BCUT2D eigenvalue weighted by Gasteiger charge is 2.31. The van der Waals surface area contributed by atoms with Crippen LogP contribution in [0, 0.1) is 12.8 Å². The maximum Gasteiger partial charge on any atom is 0.324 e. The summed E-state index contributed by atoms with van der Waals surface area (Å²) in [5.41, 5.74) is 0.777. The SMILES string of the molecule is CC[C@@H](C)[C@H](NS(=O)(=O)c1cc(C)ccc1OC)C(=O)OC. The Morgan fingerprint density at radius 3 is 2.45 bits per heavy atom. The number of hydrogen-bond acceptors (Lipinski definition) is 5. The highest BCUT2D eigenvalue weighted by atomic mass is 32.2. The molecule has 7 heteroatoms. The van der Waals surface area contributed by atoms with Gasteiger partial charge in [0.2, 0.25) is 10.0 Å². The van der Waals surface area contributed by atoms with E-state index in [1.165, 1.54) is 20.3 Å². The minimum atomic E-state index is -3.91. The maximum absolute atomic E-state index is 12.6. The molecular formula is C15H23NO5S. The third-order valence-electron chi connectivity index (χ3n) is 3.56. The lowest BCUT2D eigenvalue weighted by Gasteiger charge is -2.22. The number of hydrogen-bond donors (Lipinski definition) is 1. The summed E-state index contributed by atoms with van der Waals surface area (Å²) < 4.78 is 37.5. The van der Waals surface area contributed by atoms with Crippen LogP contribution in [0.4, 0.5) is 0 Å². The van der Waals surface area contributed by atoms with Gasteiger partial charge in [-0.15, -0.1) is 0 Å². The topological polar surface area (TPSA) is 81.7 Å². The first-order valence-corrected chi connectivity index (χ1v) is 8.50. The van der Waals surface area contributed by atoms with Crippen LogP contribution < -0.4 is 9.46 Å². The molecule has 0 fully saturated rings. The third-order valence-corrected chi connectivity index (χ3v) is 5.02. The number of aryl methyl sites for hydroxylation is 1. The Morgan fingerprint density at radius 1 is 1.32 bits per heavy atom. The summed E-state index contributed by atoms with van der Waals surface area (Å²) in [6.45, 7) is 5.45. The minimum Gasteiger partial charge on any atom is -0.495 e. The van der Waals surface area contributed by atoms with Crippen LogP contribution in [-0.2, 0) is 19.6 Å². The molecule has 124 valence electrons. The fourth-order valence-electron chi connectivity index (χ4n) is 1.98. The molecule has 22 heavy (non-hydrogen) atoms. The van der Waals surface area contributed by atoms with Crippen LogP contribution in [0.3, 0.4) is 0 Å². The van der Waals surface area contributed by atoms with Gasteiger partial charge in [-0.25, -0.2) is 8.42 Å². The van der Waals surface area contributed by atoms with E-state index in [4.69, 9.17) is 9.47 Å². The smallest absolute Gasteiger partial charge is 0.324 e. The molecule has 0 spiro atoms. The molecule has 1 aromatic carbocycles. The Kier molecular flexibility index (Phi) is 6.37. The summed E-state index contributed by atoms with van der Waals surface area (Å²) in [7, 11) is -1.28. The van der Waals surface area contributed by atoms with E-state index in [0.29, 0.717) is 6.42 Å². The van der Waals surface area contributed by atoms with Crippen LogP contribution in [-0.4, -0.2) is 34.6 Å². The second-order valence-electron chi connectivity index (χ2n) is 5.16. The summed E-state index contributed by atoms with van der Waals surface area (Å²) >= 11 is 0. The van der Waals surface area contributed by atoms with Crippen molar-refractivity contribution in [2.75, 3.05) is 14.2 Å². The number of rotatable bonds is 7. The lowest BCUT2D eigenvalue weighted by molar-refractivity contribution is -0.143. The third kappa shape index (κ3) is 4.20. The van der Waals surface area contributed by atoms with Crippen molar-refractivity contribution in [3.8, 4) is 5.75 Å². The molecule has 0 aromatic heterocycles. The number of benzene rings is 1. The maximum atomic E-state index is 12.6. The van der Waals surface area contributed by atoms with Crippen molar-refractivity contribution in [3.63, 3.8) is 0 Å². The molecule has 0 aliphatic rings. The molecule has 0 saturated heterocycles. The molecule has 0 heterocycles. The van der Waals surface area contributed by atoms with Crippen LogP contribution in [0.2, 0.25) is 0 Å². The number of carbonyl (C=O) groups is 1. The zero-order valence-electron chi connectivity index (χ0n) is 13.5. The van der Waals surface area contributed by atoms with Gasteiger partial charge in [0.25, 0.3) is 0 Å². The quantitative estimate of drug-likeness (QED) is 0.772. The van der Waals surface area contributed by atoms with Crippen molar-refractivity contribution in [2.45, 2.75) is 38.1 Å². The normalized spacial score (nSPS) is 14.2. The Hall–Kier alpha value is -1.60. The van der Waals surface area contributed by atoms with E-state index in [-0.39, 0.29) is 16.6 Å². The Balaban J connectivity index is 3.23. The lowest BCUT2D eigenvalue weighted by atomic mass is 10.0. The van der Waals surface area contributed by atoms with Crippen LogP contribution in [0.25, 0.3) is 0 Å². The first-order valence-electron chi connectivity index (χ1n) is 7.01. The molecule has 1 aromatic rings. The monoisotopic (exact) mass is 329 g/mol. The zero-order valence-corrected chi connectivity index (χ0v) is 14.4.